The van der Waals surface area contributed by atoms with Crippen molar-refractivity contribution in [3.63, 3.8) is 0 Å². The van der Waals surface area contributed by atoms with Crippen LogP contribution in [-0.2, 0) is 4.79 Å². The van der Waals surface area contributed by atoms with Crippen molar-refractivity contribution >= 4 is 35.5 Å². The van der Waals surface area contributed by atoms with Crippen LogP contribution in [0.15, 0.2) is 18.3 Å². The highest BCUT2D eigenvalue weighted by atomic mass is 35.5. The average molecular weight is 363 g/mol. The lowest BCUT2D eigenvalue weighted by Crippen LogP contribution is -2.46. The van der Waals surface area contributed by atoms with Crippen LogP contribution in [0.2, 0.25) is 5.02 Å². The highest BCUT2D eigenvalue weighted by Crippen LogP contribution is 2.32. The van der Waals surface area contributed by atoms with Gasteiger partial charge < -0.3 is 19.9 Å². The number of amides is 1. The fraction of sp³-hybridized carbons (Fsp3) is 0.375. The Morgan fingerprint density at radius 3 is 2.72 bits per heavy atom. The highest BCUT2D eigenvalue weighted by Gasteiger charge is 2.18. The van der Waals surface area contributed by atoms with E-state index in [-0.39, 0.29) is 0 Å². The minimum absolute atomic E-state index is 0.528. The molecule has 25 heavy (non-hydrogen) atoms. The minimum atomic E-state index is 0.528. The van der Waals surface area contributed by atoms with Crippen LogP contribution < -0.4 is 15.0 Å². The fourth-order valence-corrected chi connectivity index (χ4v) is 2.74. The Hall–Kier alpha value is -2.61. The summed E-state index contributed by atoms with van der Waals surface area (Å²) >= 11 is 6.14. The molecule has 1 fully saturated rings. The van der Waals surface area contributed by atoms with E-state index in [1.54, 1.807) is 24.3 Å². The smallest absolute Gasteiger partial charge is 0.247 e. The van der Waals surface area contributed by atoms with Crippen molar-refractivity contribution in [2.24, 2.45) is 0 Å². The van der Waals surface area contributed by atoms with Gasteiger partial charge in [-0.25, -0.2) is 0 Å². The standard InChI is InChI=1S/C16H19ClN6O2/c1-11-7-13(14(25-2)8-12(11)17)19-15-9-18-21-16(20-15)23-5-3-22(10-24)4-6-23/h7-10H,3-6H2,1-2H3,(H,19,20,21). The van der Waals surface area contributed by atoms with Crippen molar-refractivity contribution in [2.75, 3.05) is 43.5 Å². The van der Waals surface area contributed by atoms with Gasteiger partial charge in [-0.3, -0.25) is 4.79 Å². The van der Waals surface area contributed by atoms with Crippen LogP contribution in [0.25, 0.3) is 0 Å². The lowest BCUT2D eigenvalue weighted by Gasteiger charge is -2.32. The van der Waals surface area contributed by atoms with Crippen LogP contribution in [0.3, 0.4) is 0 Å². The maximum absolute atomic E-state index is 10.8. The molecule has 0 bridgehead atoms. The Morgan fingerprint density at radius 1 is 1.28 bits per heavy atom. The second-order valence-electron chi connectivity index (χ2n) is 5.70. The van der Waals surface area contributed by atoms with Gasteiger partial charge in [-0.1, -0.05) is 11.6 Å². The Morgan fingerprint density at radius 2 is 2.04 bits per heavy atom. The largest absolute Gasteiger partial charge is 0.495 e. The summed E-state index contributed by atoms with van der Waals surface area (Å²) in [4.78, 5) is 19.1. The fourth-order valence-electron chi connectivity index (χ4n) is 2.58. The molecule has 1 saturated heterocycles. The monoisotopic (exact) mass is 362 g/mol. The summed E-state index contributed by atoms with van der Waals surface area (Å²) in [6, 6.07) is 3.65. The van der Waals surface area contributed by atoms with Crippen LogP contribution in [0.4, 0.5) is 17.5 Å². The maximum atomic E-state index is 10.8. The van der Waals surface area contributed by atoms with E-state index >= 15 is 0 Å². The summed E-state index contributed by atoms with van der Waals surface area (Å²) in [6.07, 6.45) is 2.41. The number of ether oxygens (including phenoxy) is 1. The third-order valence-corrected chi connectivity index (χ3v) is 4.44. The van der Waals surface area contributed by atoms with Gasteiger partial charge in [0.05, 0.1) is 19.0 Å². The first-order chi connectivity index (χ1) is 12.1. The summed E-state index contributed by atoms with van der Waals surface area (Å²) in [5, 5.41) is 12.0. The number of halogens is 1. The van der Waals surface area contributed by atoms with E-state index in [0.29, 0.717) is 48.7 Å². The van der Waals surface area contributed by atoms with E-state index in [2.05, 4.69) is 20.5 Å². The Kier molecular flexibility index (Phi) is 5.18. The molecular formula is C16H19ClN6O2. The second kappa shape index (κ2) is 7.52. The summed E-state index contributed by atoms with van der Waals surface area (Å²) in [5.74, 6) is 1.71. The molecule has 0 atom stereocenters. The first-order valence-electron chi connectivity index (χ1n) is 7.86. The molecule has 1 N–H and O–H groups in total. The van der Waals surface area contributed by atoms with Crippen LogP contribution in [-0.4, -0.2) is 59.8 Å². The number of rotatable bonds is 5. The number of aryl methyl sites for hydroxylation is 1. The van der Waals surface area contributed by atoms with Crippen molar-refractivity contribution in [1.82, 2.24) is 20.1 Å². The van der Waals surface area contributed by atoms with E-state index < -0.39 is 0 Å². The SMILES string of the molecule is COc1cc(Cl)c(C)cc1Nc1cnnc(N2CCN(C=O)CC2)n1. The molecule has 1 aromatic heterocycles. The van der Waals surface area contributed by atoms with E-state index in [4.69, 9.17) is 16.3 Å². The molecule has 1 amide bonds. The lowest BCUT2D eigenvalue weighted by molar-refractivity contribution is -0.118. The quantitative estimate of drug-likeness (QED) is 0.813. The number of methoxy groups -OCH3 is 1. The van der Waals surface area contributed by atoms with Crippen molar-refractivity contribution in [3.8, 4) is 5.75 Å². The number of nitrogens with zero attached hydrogens (tertiary/aromatic N) is 5. The normalized spacial score (nSPS) is 14.4. The maximum Gasteiger partial charge on any atom is 0.247 e. The predicted molar refractivity (Wildman–Crippen MR) is 95.7 cm³/mol. The van der Waals surface area contributed by atoms with Crippen molar-refractivity contribution in [3.05, 3.63) is 28.9 Å². The Balaban J connectivity index is 1.79. The average Bonchev–Trinajstić information content (AvgIpc) is 2.65. The number of anilines is 3. The summed E-state index contributed by atoms with van der Waals surface area (Å²) in [5.41, 5.74) is 1.68. The summed E-state index contributed by atoms with van der Waals surface area (Å²) in [6.45, 7) is 4.56. The van der Waals surface area contributed by atoms with Crippen molar-refractivity contribution < 1.29 is 9.53 Å². The second-order valence-corrected chi connectivity index (χ2v) is 6.10. The zero-order valence-electron chi connectivity index (χ0n) is 14.1. The van der Waals surface area contributed by atoms with E-state index in [0.717, 1.165) is 17.7 Å². The van der Waals surface area contributed by atoms with Gasteiger partial charge >= 0.3 is 0 Å². The molecule has 0 unspecified atom stereocenters. The number of nitrogens with one attached hydrogen (secondary N) is 1. The third-order valence-electron chi connectivity index (χ3n) is 4.04. The van der Waals surface area contributed by atoms with Gasteiger partial charge in [0.1, 0.15) is 5.75 Å². The number of hydrogen-bond acceptors (Lipinski definition) is 7. The third kappa shape index (κ3) is 3.90. The number of benzene rings is 1. The molecule has 0 radical (unpaired) electrons. The number of aromatic nitrogens is 3. The molecule has 0 aliphatic carbocycles. The van der Waals surface area contributed by atoms with Gasteiger partial charge in [0, 0.05) is 37.3 Å². The molecule has 3 rings (SSSR count). The summed E-state index contributed by atoms with van der Waals surface area (Å²) < 4.78 is 5.36. The van der Waals surface area contributed by atoms with Crippen LogP contribution in [0.1, 0.15) is 5.56 Å². The van der Waals surface area contributed by atoms with Gasteiger partial charge in [0.25, 0.3) is 0 Å². The molecule has 2 heterocycles. The van der Waals surface area contributed by atoms with Crippen LogP contribution in [0, 0.1) is 6.92 Å². The zero-order valence-corrected chi connectivity index (χ0v) is 14.8. The van der Waals surface area contributed by atoms with E-state index in [1.807, 2.05) is 17.9 Å². The molecule has 0 spiro atoms. The topological polar surface area (TPSA) is 83.5 Å². The zero-order chi connectivity index (χ0) is 17.8. The minimum Gasteiger partial charge on any atom is -0.495 e. The van der Waals surface area contributed by atoms with Crippen molar-refractivity contribution in [1.29, 1.82) is 0 Å². The molecule has 132 valence electrons. The highest BCUT2D eigenvalue weighted by molar-refractivity contribution is 6.31. The lowest BCUT2D eigenvalue weighted by atomic mass is 10.2. The van der Waals surface area contributed by atoms with Crippen molar-refractivity contribution in [2.45, 2.75) is 6.92 Å². The van der Waals surface area contributed by atoms with Gasteiger partial charge in [0.2, 0.25) is 12.4 Å². The first-order valence-corrected chi connectivity index (χ1v) is 8.23. The molecule has 9 heteroatoms. The Bertz CT molecular complexity index is 764. The number of carbonyl (C=O) groups is 1. The van der Waals surface area contributed by atoms with Gasteiger partial charge in [-0.05, 0) is 18.6 Å². The van der Waals surface area contributed by atoms with Gasteiger partial charge in [0.15, 0.2) is 5.82 Å². The van der Waals surface area contributed by atoms with E-state index in [1.165, 1.54) is 0 Å². The van der Waals surface area contributed by atoms with Crippen LogP contribution >= 0.6 is 11.6 Å². The molecule has 0 saturated carbocycles. The molecule has 2 aromatic rings. The number of carbonyl (C=O) groups excluding carboxylic acids is 1. The molecule has 1 aliphatic heterocycles. The molecular weight excluding hydrogens is 344 g/mol. The predicted octanol–water partition coefficient (Wildman–Crippen LogP) is 1.86. The number of piperazine rings is 1. The molecule has 1 aromatic carbocycles. The van der Waals surface area contributed by atoms with E-state index in [9.17, 15) is 4.79 Å². The number of hydrogen-bond donors (Lipinski definition) is 1. The van der Waals surface area contributed by atoms with Gasteiger partial charge in [-0.2, -0.15) is 10.1 Å². The molecule has 8 nitrogen and oxygen atoms in total. The first kappa shape index (κ1) is 17.2. The molecule has 1 aliphatic rings. The van der Waals surface area contributed by atoms with Crippen LogP contribution in [0.5, 0.6) is 5.75 Å². The van der Waals surface area contributed by atoms with Gasteiger partial charge in [-0.15, -0.1) is 5.10 Å². The summed E-state index contributed by atoms with van der Waals surface area (Å²) in [7, 11) is 1.59. The Labute approximate surface area is 150 Å².